The molecule has 0 spiro atoms. The second kappa shape index (κ2) is 14.9. The van der Waals surface area contributed by atoms with Crippen LogP contribution in [0.4, 0.5) is 5.69 Å². The molecule has 0 radical (unpaired) electrons. The highest BCUT2D eigenvalue weighted by atomic mass is 35.5. The number of halogens is 1. The lowest BCUT2D eigenvalue weighted by Gasteiger charge is -2.33. The topological polar surface area (TPSA) is 105 Å². The van der Waals surface area contributed by atoms with Crippen LogP contribution >= 0.6 is 11.6 Å². The van der Waals surface area contributed by atoms with E-state index in [-0.39, 0.29) is 29.0 Å². The summed E-state index contributed by atoms with van der Waals surface area (Å²) in [5.41, 5.74) is 1.04. The third kappa shape index (κ3) is 8.17. The Labute approximate surface area is 253 Å². The molecule has 0 saturated carbocycles. The number of para-hydroxylation sites is 1. The van der Waals surface area contributed by atoms with E-state index >= 15 is 0 Å². The number of methoxy groups -OCH3 is 2. The number of ether oxygens (including phenoxy) is 2. The number of carbonyl (C=O) groups excluding carboxylic acids is 2. The molecular weight excluding hydrogens is 578 g/mol. The second-order valence-electron chi connectivity index (χ2n) is 10.1. The number of hydrogen-bond donors (Lipinski definition) is 1. The van der Waals surface area contributed by atoms with Crippen molar-refractivity contribution in [3.63, 3.8) is 0 Å². The Morgan fingerprint density at radius 2 is 1.57 bits per heavy atom. The van der Waals surface area contributed by atoms with Gasteiger partial charge in [-0.05, 0) is 54.3 Å². The van der Waals surface area contributed by atoms with Crippen molar-refractivity contribution in [2.45, 2.75) is 44.7 Å². The summed E-state index contributed by atoms with van der Waals surface area (Å²) in [6.45, 7) is 5.77. The van der Waals surface area contributed by atoms with Crippen LogP contribution < -0.4 is 19.1 Å². The summed E-state index contributed by atoms with van der Waals surface area (Å²) in [6.07, 6.45) is 0.330. The fourth-order valence-electron chi connectivity index (χ4n) is 4.36. The molecule has 3 rings (SSSR count). The van der Waals surface area contributed by atoms with Crippen LogP contribution in [0.5, 0.6) is 11.5 Å². The summed E-state index contributed by atoms with van der Waals surface area (Å²) >= 11 is 6.07. The molecule has 0 bridgehead atoms. The second-order valence-corrected chi connectivity index (χ2v) is 12.4. The summed E-state index contributed by atoms with van der Waals surface area (Å²) in [4.78, 5) is 28.8. The van der Waals surface area contributed by atoms with Crippen LogP contribution in [0.2, 0.25) is 5.02 Å². The molecule has 11 heteroatoms. The molecule has 226 valence electrons. The molecule has 3 aromatic rings. The lowest BCUT2D eigenvalue weighted by molar-refractivity contribution is -0.140. The first kappa shape index (κ1) is 32.8. The van der Waals surface area contributed by atoms with E-state index in [4.69, 9.17) is 21.1 Å². The van der Waals surface area contributed by atoms with Crippen LogP contribution in [0.15, 0.2) is 77.7 Å². The first-order valence-electron chi connectivity index (χ1n) is 13.6. The van der Waals surface area contributed by atoms with Gasteiger partial charge in [0.1, 0.15) is 12.6 Å². The van der Waals surface area contributed by atoms with Crippen molar-refractivity contribution in [2.24, 2.45) is 5.92 Å². The molecule has 0 aliphatic carbocycles. The number of hydrogen-bond acceptors (Lipinski definition) is 6. The number of amides is 2. The Balaban J connectivity index is 2.05. The van der Waals surface area contributed by atoms with Gasteiger partial charge in [-0.1, -0.05) is 62.7 Å². The molecule has 0 aromatic heterocycles. The monoisotopic (exact) mass is 615 g/mol. The molecule has 3 aromatic carbocycles. The van der Waals surface area contributed by atoms with E-state index in [1.54, 1.807) is 54.6 Å². The summed E-state index contributed by atoms with van der Waals surface area (Å²) < 4.78 is 39.8. The zero-order chi connectivity index (χ0) is 30.9. The Morgan fingerprint density at radius 3 is 2.14 bits per heavy atom. The van der Waals surface area contributed by atoms with Gasteiger partial charge in [-0.25, -0.2) is 8.42 Å². The fourth-order valence-corrected chi connectivity index (χ4v) is 5.91. The summed E-state index contributed by atoms with van der Waals surface area (Å²) in [5, 5.41) is 3.45. The van der Waals surface area contributed by atoms with Gasteiger partial charge in [0.2, 0.25) is 11.8 Å². The van der Waals surface area contributed by atoms with E-state index in [9.17, 15) is 18.0 Å². The number of nitrogens with one attached hydrogen (secondary N) is 1. The number of sulfonamides is 1. The van der Waals surface area contributed by atoms with Crippen molar-refractivity contribution in [2.75, 3.05) is 31.6 Å². The standard InChI is InChI=1S/C31H38ClN3O6S/c1-6-27(31(37)33-19-22(2)3)34(20-23-12-14-24(32)15-13-23)30(36)21-35(25-10-8-7-9-11-25)42(38,39)26-16-17-28(40-4)29(18-26)41-5/h7-18,22,27H,6,19-21H2,1-5H3,(H,33,37)/t27-/m0/s1. The van der Waals surface area contributed by atoms with Gasteiger partial charge >= 0.3 is 0 Å². The van der Waals surface area contributed by atoms with Crippen molar-refractivity contribution in [1.29, 1.82) is 0 Å². The van der Waals surface area contributed by atoms with Crippen molar-refractivity contribution in [3.05, 3.63) is 83.4 Å². The van der Waals surface area contributed by atoms with Crippen LogP contribution in [-0.2, 0) is 26.2 Å². The SMILES string of the molecule is CC[C@@H](C(=O)NCC(C)C)N(Cc1ccc(Cl)cc1)C(=O)CN(c1ccccc1)S(=O)(=O)c1ccc(OC)c(OC)c1. The molecule has 1 atom stereocenters. The van der Waals surface area contributed by atoms with E-state index < -0.39 is 28.5 Å². The van der Waals surface area contributed by atoms with Crippen LogP contribution in [0, 0.1) is 5.92 Å². The van der Waals surface area contributed by atoms with E-state index in [0.717, 1.165) is 9.87 Å². The van der Waals surface area contributed by atoms with Crippen molar-refractivity contribution >= 4 is 39.1 Å². The molecule has 0 unspecified atom stereocenters. The minimum absolute atomic E-state index is 0.0808. The van der Waals surface area contributed by atoms with Crippen LogP contribution in [0.25, 0.3) is 0 Å². The normalized spacial score (nSPS) is 12.0. The van der Waals surface area contributed by atoms with E-state index in [2.05, 4.69) is 5.32 Å². The lowest BCUT2D eigenvalue weighted by Crippen LogP contribution is -2.52. The predicted octanol–water partition coefficient (Wildman–Crippen LogP) is 5.13. The molecule has 0 saturated heterocycles. The number of carbonyl (C=O) groups is 2. The molecule has 42 heavy (non-hydrogen) atoms. The van der Waals surface area contributed by atoms with Crippen LogP contribution in [-0.4, -0.2) is 58.5 Å². The average Bonchev–Trinajstić information content (AvgIpc) is 2.99. The first-order chi connectivity index (χ1) is 20.0. The third-order valence-corrected chi connectivity index (χ3v) is 8.62. The maximum atomic E-state index is 14.1. The van der Waals surface area contributed by atoms with Gasteiger partial charge in [0.05, 0.1) is 24.8 Å². The number of nitrogens with zero attached hydrogens (tertiary/aromatic N) is 2. The number of benzene rings is 3. The van der Waals surface area contributed by atoms with Gasteiger partial charge in [0.25, 0.3) is 10.0 Å². The Morgan fingerprint density at radius 1 is 0.929 bits per heavy atom. The third-order valence-electron chi connectivity index (χ3n) is 6.60. The van der Waals surface area contributed by atoms with Gasteiger partial charge in [-0.15, -0.1) is 0 Å². The van der Waals surface area contributed by atoms with E-state index in [1.165, 1.54) is 37.3 Å². The minimum Gasteiger partial charge on any atom is -0.493 e. The van der Waals surface area contributed by atoms with Crippen molar-refractivity contribution in [3.8, 4) is 11.5 Å². The summed E-state index contributed by atoms with van der Waals surface area (Å²) in [5.74, 6) is -0.0275. The smallest absolute Gasteiger partial charge is 0.264 e. The maximum Gasteiger partial charge on any atom is 0.264 e. The highest BCUT2D eigenvalue weighted by Crippen LogP contribution is 2.32. The first-order valence-corrected chi connectivity index (χ1v) is 15.4. The molecule has 2 amide bonds. The molecule has 0 heterocycles. The fraction of sp³-hybridized carbons (Fsp3) is 0.355. The Bertz CT molecular complexity index is 1450. The Kier molecular flexibility index (Phi) is 11.6. The predicted molar refractivity (Wildman–Crippen MR) is 164 cm³/mol. The van der Waals surface area contributed by atoms with Gasteiger partial charge < -0.3 is 19.7 Å². The number of anilines is 1. The highest BCUT2D eigenvalue weighted by molar-refractivity contribution is 7.92. The lowest BCUT2D eigenvalue weighted by atomic mass is 10.1. The van der Waals surface area contributed by atoms with Crippen LogP contribution in [0.1, 0.15) is 32.8 Å². The van der Waals surface area contributed by atoms with Gasteiger partial charge in [-0.3, -0.25) is 13.9 Å². The molecule has 0 fully saturated rings. The number of rotatable bonds is 14. The van der Waals surface area contributed by atoms with E-state index in [0.29, 0.717) is 29.4 Å². The van der Waals surface area contributed by atoms with Gasteiger partial charge in [0, 0.05) is 24.2 Å². The van der Waals surface area contributed by atoms with E-state index in [1.807, 2.05) is 20.8 Å². The molecule has 1 N–H and O–H groups in total. The zero-order valence-corrected chi connectivity index (χ0v) is 26.1. The summed E-state index contributed by atoms with van der Waals surface area (Å²) in [6, 6.07) is 18.7. The van der Waals surface area contributed by atoms with Crippen molar-refractivity contribution < 1.29 is 27.5 Å². The average molecular weight is 616 g/mol. The molecular formula is C31H38ClN3O6S. The van der Waals surface area contributed by atoms with Crippen LogP contribution in [0.3, 0.4) is 0 Å². The van der Waals surface area contributed by atoms with Gasteiger partial charge in [-0.2, -0.15) is 0 Å². The highest BCUT2D eigenvalue weighted by Gasteiger charge is 2.34. The molecule has 0 aliphatic rings. The zero-order valence-electron chi connectivity index (χ0n) is 24.5. The quantitative estimate of drug-likeness (QED) is 0.270. The molecule has 9 nitrogen and oxygen atoms in total. The molecule has 0 aliphatic heterocycles. The Hall–Kier alpha value is -3.76. The largest absolute Gasteiger partial charge is 0.493 e. The summed E-state index contributed by atoms with van der Waals surface area (Å²) in [7, 11) is -1.39. The maximum absolute atomic E-state index is 14.1. The van der Waals surface area contributed by atoms with Gasteiger partial charge in [0.15, 0.2) is 11.5 Å². The minimum atomic E-state index is -4.26. The van der Waals surface area contributed by atoms with Crippen molar-refractivity contribution in [1.82, 2.24) is 10.2 Å².